The fourth-order valence-corrected chi connectivity index (χ4v) is 4.07. The number of likely N-dealkylation sites (N-methyl/N-ethyl adjacent to an activating group) is 1. The van der Waals surface area contributed by atoms with Gasteiger partial charge in [0.15, 0.2) is 0 Å². The number of aromatic nitrogens is 1. The fraction of sp³-hybridized carbons (Fsp3) is 0.222. The fourth-order valence-electron chi connectivity index (χ4n) is 2.50. The molecule has 0 aliphatic carbocycles. The molecule has 2 aromatic heterocycles. The Hall–Kier alpha value is -1.95. The van der Waals surface area contributed by atoms with Crippen LogP contribution in [0.15, 0.2) is 42.6 Å². The number of fused-ring (bicyclic) bond motifs is 1. The minimum Gasteiger partial charge on any atom is -0.310 e. The minimum absolute atomic E-state index is 0.0900. The van der Waals surface area contributed by atoms with Crippen LogP contribution in [0.2, 0.25) is 5.02 Å². The quantitative estimate of drug-likeness (QED) is 0.737. The Morgan fingerprint density at radius 3 is 2.88 bits per heavy atom. The molecule has 0 fully saturated rings. The van der Waals surface area contributed by atoms with Crippen molar-refractivity contribution in [1.82, 2.24) is 9.88 Å². The first-order valence-corrected chi connectivity index (χ1v) is 8.79. The van der Waals surface area contributed by atoms with Gasteiger partial charge in [0.05, 0.1) is 11.6 Å². The minimum atomic E-state index is -0.0900. The third-order valence-electron chi connectivity index (χ3n) is 3.61. The van der Waals surface area contributed by atoms with Crippen LogP contribution in [-0.2, 0) is 11.3 Å². The number of carbonyl (C=O) groups excluding carboxylic acids is 1. The van der Waals surface area contributed by atoms with E-state index in [0.717, 1.165) is 20.8 Å². The monoisotopic (exact) mass is 359 g/mol. The summed E-state index contributed by atoms with van der Waals surface area (Å²) in [7, 11) is 1.91. The molecular formula is C18H18ClN3OS. The summed E-state index contributed by atoms with van der Waals surface area (Å²) >= 11 is 8.13. The van der Waals surface area contributed by atoms with Crippen molar-refractivity contribution in [2.75, 3.05) is 18.9 Å². The second-order valence-electron chi connectivity index (χ2n) is 5.77. The highest BCUT2D eigenvalue weighted by atomic mass is 35.5. The van der Waals surface area contributed by atoms with Gasteiger partial charge in [0, 0.05) is 27.7 Å². The van der Waals surface area contributed by atoms with Crippen molar-refractivity contribution in [3.05, 3.63) is 58.1 Å². The number of rotatable bonds is 5. The molecule has 2 heterocycles. The zero-order valence-corrected chi connectivity index (χ0v) is 15.1. The molecule has 0 radical (unpaired) electrons. The lowest BCUT2D eigenvalue weighted by atomic mass is 10.2. The van der Waals surface area contributed by atoms with E-state index in [1.54, 1.807) is 17.5 Å². The average molecular weight is 360 g/mol. The summed E-state index contributed by atoms with van der Waals surface area (Å²) in [5, 5.41) is 4.67. The van der Waals surface area contributed by atoms with Gasteiger partial charge in [-0.1, -0.05) is 29.8 Å². The number of anilines is 1. The van der Waals surface area contributed by atoms with Crippen molar-refractivity contribution in [3.63, 3.8) is 0 Å². The van der Waals surface area contributed by atoms with Gasteiger partial charge in [0.25, 0.3) is 0 Å². The Kier molecular flexibility index (Phi) is 5.14. The predicted octanol–water partition coefficient (Wildman–Crippen LogP) is 4.33. The Morgan fingerprint density at radius 2 is 2.12 bits per heavy atom. The van der Waals surface area contributed by atoms with Gasteiger partial charge in [-0.05, 0) is 37.7 Å². The van der Waals surface area contributed by atoms with Gasteiger partial charge in [0.1, 0.15) is 5.82 Å². The molecule has 6 heteroatoms. The van der Waals surface area contributed by atoms with Gasteiger partial charge in [-0.3, -0.25) is 9.69 Å². The highest BCUT2D eigenvalue weighted by molar-refractivity contribution is 7.19. The molecule has 0 aliphatic heterocycles. The molecule has 1 amide bonds. The largest absolute Gasteiger partial charge is 0.310 e. The molecule has 0 unspecified atom stereocenters. The third kappa shape index (κ3) is 3.93. The van der Waals surface area contributed by atoms with Gasteiger partial charge < -0.3 is 5.32 Å². The van der Waals surface area contributed by atoms with Crippen LogP contribution in [-0.4, -0.2) is 29.4 Å². The summed E-state index contributed by atoms with van der Waals surface area (Å²) < 4.78 is 1.17. The van der Waals surface area contributed by atoms with Crippen LogP contribution in [0.25, 0.3) is 10.1 Å². The number of aryl methyl sites for hydroxylation is 1. The molecule has 0 bridgehead atoms. The van der Waals surface area contributed by atoms with Gasteiger partial charge >= 0.3 is 0 Å². The third-order valence-corrected chi connectivity index (χ3v) is 5.31. The van der Waals surface area contributed by atoms with Gasteiger partial charge in [0.2, 0.25) is 5.91 Å². The molecule has 124 valence electrons. The van der Waals surface area contributed by atoms with Crippen LogP contribution >= 0.6 is 22.9 Å². The van der Waals surface area contributed by atoms with Crippen LogP contribution in [0.4, 0.5) is 5.82 Å². The summed E-state index contributed by atoms with van der Waals surface area (Å²) in [6.07, 6.45) is 1.69. The lowest BCUT2D eigenvalue weighted by Gasteiger charge is -2.15. The van der Waals surface area contributed by atoms with Crippen LogP contribution in [0.1, 0.15) is 10.4 Å². The van der Waals surface area contributed by atoms with E-state index in [0.29, 0.717) is 12.4 Å². The molecule has 1 aromatic carbocycles. The van der Waals surface area contributed by atoms with E-state index in [2.05, 4.69) is 16.4 Å². The molecule has 0 saturated carbocycles. The van der Waals surface area contributed by atoms with Crippen molar-refractivity contribution in [3.8, 4) is 0 Å². The molecule has 0 saturated heterocycles. The highest BCUT2D eigenvalue weighted by Gasteiger charge is 2.14. The zero-order valence-electron chi connectivity index (χ0n) is 13.5. The maximum Gasteiger partial charge on any atom is 0.239 e. The first-order valence-electron chi connectivity index (χ1n) is 7.60. The van der Waals surface area contributed by atoms with Crippen LogP contribution in [0, 0.1) is 6.92 Å². The maximum absolute atomic E-state index is 12.2. The lowest BCUT2D eigenvalue weighted by molar-refractivity contribution is -0.117. The number of carbonyl (C=O) groups is 1. The number of nitrogens with one attached hydrogen (secondary N) is 1. The van der Waals surface area contributed by atoms with Crippen LogP contribution in [0.5, 0.6) is 0 Å². The van der Waals surface area contributed by atoms with Crippen molar-refractivity contribution < 1.29 is 4.79 Å². The van der Waals surface area contributed by atoms with Gasteiger partial charge in [-0.2, -0.15) is 0 Å². The van der Waals surface area contributed by atoms with E-state index in [1.807, 2.05) is 49.2 Å². The molecule has 0 aliphatic rings. The smallest absolute Gasteiger partial charge is 0.239 e. The normalized spacial score (nSPS) is 11.2. The summed E-state index contributed by atoms with van der Waals surface area (Å²) in [6, 6.07) is 11.8. The van der Waals surface area contributed by atoms with E-state index >= 15 is 0 Å². The van der Waals surface area contributed by atoms with E-state index in [-0.39, 0.29) is 12.5 Å². The standard InChI is InChI=1S/C18H18ClN3OS/c1-12-7-8-20-16(9-12)21-17(23)11-22(2)10-15-18(19)13-5-3-4-6-14(13)24-15/h3-9H,10-11H2,1-2H3,(H,20,21,23). The molecule has 0 spiro atoms. The van der Waals surface area contributed by atoms with Crippen LogP contribution < -0.4 is 5.32 Å². The number of amides is 1. The zero-order chi connectivity index (χ0) is 17.1. The second kappa shape index (κ2) is 7.30. The molecule has 24 heavy (non-hydrogen) atoms. The van der Waals surface area contributed by atoms with E-state index < -0.39 is 0 Å². The molecule has 4 nitrogen and oxygen atoms in total. The first kappa shape index (κ1) is 16.9. The number of halogens is 1. The molecule has 1 N–H and O–H groups in total. The lowest BCUT2D eigenvalue weighted by Crippen LogP contribution is -2.29. The number of pyridine rings is 1. The Morgan fingerprint density at radius 1 is 1.33 bits per heavy atom. The van der Waals surface area contributed by atoms with E-state index in [4.69, 9.17) is 11.6 Å². The molecule has 3 aromatic rings. The molecule has 0 atom stereocenters. The van der Waals surface area contributed by atoms with Gasteiger partial charge in [-0.15, -0.1) is 11.3 Å². The van der Waals surface area contributed by atoms with E-state index in [1.165, 1.54) is 4.70 Å². The van der Waals surface area contributed by atoms with Crippen LogP contribution in [0.3, 0.4) is 0 Å². The second-order valence-corrected chi connectivity index (χ2v) is 7.29. The molecular weight excluding hydrogens is 342 g/mol. The van der Waals surface area contributed by atoms with Crippen molar-refractivity contribution in [2.24, 2.45) is 0 Å². The number of thiophene rings is 1. The summed E-state index contributed by atoms with van der Waals surface area (Å²) in [4.78, 5) is 19.3. The number of hydrogen-bond donors (Lipinski definition) is 1. The van der Waals surface area contributed by atoms with Crippen molar-refractivity contribution in [1.29, 1.82) is 0 Å². The molecule has 3 rings (SSSR count). The van der Waals surface area contributed by atoms with E-state index in [9.17, 15) is 4.79 Å². The topological polar surface area (TPSA) is 45.2 Å². The number of nitrogens with zero attached hydrogens (tertiary/aromatic N) is 2. The first-order chi connectivity index (χ1) is 11.5. The number of benzene rings is 1. The Bertz CT molecular complexity index is 878. The predicted molar refractivity (Wildman–Crippen MR) is 101 cm³/mol. The summed E-state index contributed by atoms with van der Waals surface area (Å²) in [5.74, 6) is 0.487. The number of hydrogen-bond acceptors (Lipinski definition) is 4. The van der Waals surface area contributed by atoms with Crippen molar-refractivity contribution >= 4 is 44.7 Å². The Labute approximate surface area is 150 Å². The maximum atomic E-state index is 12.2. The highest BCUT2D eigenvalue weighted by Crippen LogP contribution is 2.35. The van der Waals surface area contributed by atoms with Gasteiger partial charge in [-0.25, -0.2) is 4.98 Å². The summed E-state index contributed by atoms with van der Waals surface area (Å²) in [6.45, 7) is 2.87. The average Bonchev–Trinajstić information content (AvgIpc) is 2.83. The SMILES string of the molecule is Cc1ccnc(NC(=O)CN(C)Cc2sc3ccccc3c2Cl)c1. The Balaban J connectivity index is 1.63. The van der Waals surface area contributed by atoms with Crippen molar-refractivity contribution in [2.45, 2.75) is 13.5 Å². The summed E-state index contributed by atoms with van der Waals surface area (Å²) in [5.41, 5.74) is 1.06.